The Morgan fingerprint density at radius 3 is 2.85 bits per heavy atom. The van der Waals surface area contributed by atoms with Crippen molar-refractivity contribution in [2.45, 2.75) is 50.7 Å². The summed E-state index contributed by atoms with van der Waals surface area (Å²) < 4.78 is 5.36. The highest BCUT2D eigenvalue weighted by atomic mass is 16.5. The van der Waals surface area contributed by atoms with E-state index in [0.717, 1.165) is 11.8 Å². The summed E-state index contributed by atoms with van der Waals surface area (Å²) >= 11 is 0. The molecule has 110 valence electrons. The van der Waals surface area contributed by atoms with Crippen LogP contribution < -0.4 is 10.1 Å². The molecule has 2 unspecified atom stereocenters. The lowest BCUT2D eigenvalue weighted by atomic mass is 10.0. The Labute approximate surface area is 122 Å². The summed E-state index contributed by atoms with van der Waals surface area (Å²) in [7, 11) is 1.74. The molecular weight excluding hydrogens is 248 g/mol. The summed E-state index contributed by atoms with van der Waals surface area (Å²) in [6.07, 6.45) is 5.38. The van der Waals surface area contributed by atoms with E-state index in [4.69, 9.17) is 4.74 Å². The second kappa shape index (κ2) is 6.15. The quantitative estimate of drug-likeness (QED) is 0.863. The van der Waals surface area contributed by atoms with Gasteiger partial charge in [0.15, 0.2) is 0 Å². The molecule has 1 heterocycles. The van der Waals surface area contributed by atoms with Crippen LogP contribution in [0.3, 0.4) is 0 Å². The fourth-order valence-corrected chi connectivity index (χ4v) is 3.29. The zero-order valence-corrected chi connectivity index (χ0v) is 12.6. The largest absolute Gasteiger partial charge is 0.497 e. The van der Waals surface area contributed by atoms with Crippen LogP contribution in [-0.2, 0) is 0 Å². The molecule has 0 radical (unpaired) electrons. The average molecular weight is 274 g/mol. The van der Waals surface area contributed by atoms with Gasteiger partial charge in [0.1, 0.15) is 5.75 Å². The minimum atomic E-state index is 0.472. The Bertz CT molecular complexity index is 438. The van der Waals surface area contributed by atoms with Gasteiger partial charge >= 0.3 is 0 Å². The van der Waals surface area contributed by atoms with Crippen molar-refractivity contribution >= 4 is 0 Å². The average Bonchev–Trinajstić information content (AvgIpc) is 3.20. The maximum absolute atomic E-state index is 5.36. The van der Waals surface area contributed by atoms with Crippen LogP contribution in [0.15, 0.2) is 24.3 Å². The number of hydrogen-bond acceptors (Lipinski definition) is 3. The Morgan fingerprint density at radius 2 is 2.20 bits per heavy atom. The minimum absolute atomic E-state index is 0.472. The van der Waals surface area contributed by atoms with Gasteiger partial charge in [-0.15, -0.1) is 0 Å². The molecule has 0 bridgehead atoms. The zero-order chi connectivity index (χ0) is 13.9. The zero-order valence-electron chi connectivity index (χ0n) is 12.6. The first kappa shape index (κ1) is 13.9. The topological polar surface area (TPSA) is 24.5 Å². The van der Waals surface area contributed by atoms with Crippen molar-refractivity contribution < 1.29 is 4.74 Å². The molecule has 1 saturated heterocycles. The van der Waals surface area contributed by atoms with Crippen molar-refractivity contribution in [1.82, 2.24) is 10.2 Å². The smallest absolute Gasteiger partial charge is 0.119 e. The monoisotopic (exact) mass is 274 g/mol. The molecule has 0 aromatic heterocycles. The van der Waals surface area contributed by atoms with E-state index in [2.05, 4.69) is 35.3 Å². The van der Waals surface area contributed by atoms with Gasteiger partial charge in [0, 0.05) is 24.7 Å². The molecule has 1 saturated carbocycles. The highest BCUT2D eigenvalue weighted by Gasteiger charge is 2.34. The van der Waals surface area contributed by atoms with E-state index in [1.807, 2.05) is 6.07 Å². The predicted molar refractivity (Wildman–Crippen MR) is 82.2 cm³/mol. The molecule has 3 heteroatoms. The van der Waals surface area contributed by atoms with Crippen LogP contribution in [0.5, 0.6) is 5.75 Å². The predicted octanol–water partition coefficient (Wildman–Crippen LogP) is 2.97. The lowest BCUT2D eigenvalue weighted by Crippen LogP contribution is -2.40. The van der Waals surface area contributed by atoms with Crippen LogP contribution in [-0.4, -0.2) is 37.2 Å². The van der Waals surface area contributed by atoms with Gasteiger partial charge in [0.25, 0.3) is 0 Å². The lowest BCUT2D eigenvalue weighted by molar-refractivity contribution is 0.182. The standard InChI is InChI=1S/C17H26N2O/c1-13(14-5-3-7-17(11-14)20-2)19(16-8-9-16)12-15-6-4-10-18-15/h3,5,7,11,13,15-16,18H,4,6,8-10,12H2,1-2H3. The Morgan fingerprint density at radius 1 is 1.35 bits per heavy atom. The van der Waals surface area contributed by atoms with E-state index in [0.29, 0.717) is 12.1 Å². The molecule has 2 aliphatic rings. The van der Waals surface area contributed by atoms with Gasteiger partial charge in [-0.3, -0.25) is 4.90 Å². The molecule has 3 nitrogen and oxygen atoms in total. The Hall–Kier alpha value is -1.06. The molecule has 2 fully saturated rings. The van der Waals surface area contributed by atoms with Gasteiger partial charge in [-0.2, -0.15) is 0 Å². The molecular formula is C17H26N2O. The maximum Gasteiger partial charge on any atom is 0.119 e. The molecule has 1 aliphatic carbocycles. The normalized spacial score (nSPS) is 24.1. The van der Waals surface area contributed by atoms with Crippen LogP contribution in [0.2, 0.25) is 0 Å². The van der Waals surface area contributed by atoms with Crippen molar-refractivity contribution in [2.24, 2.45) is 0 Å². The first-order valence-corrected chi connectivity index (χ1v) is 7.91. The highest BCUT2D eigenvalue weighted by molar-refractivity contribution is 5.30. The lowest BCUT2D eigenvalue weighted by Gasteiger charge is -2.32. The van der Waals surface area contributed by atoms with Crippen molar-refractivity contribution in [3.63, 3.8) is 0 Å². The number of nitrogens with zero attached hydrogens (tertiary/aromatic N) is 1. The fraction of sp³-hybridized carbons (Fsp3) is 0.647. The molecule has 0 amide bonds. The fourth-order valence-electron chi connectivity index (χ4n) is 3.29. The van der Waals surface area contributed by atoms with E-state index in [-0.39, 0.29) is 0 Å². The van der Waals surface area contributed by atoms with Crippen LogP contribution in [0.1, 0.15) is 44.2 Å². The van der Waals surface area contributed by atoms with Crippen molar-refractivity contribution in [1.29, 1.82) is 0 Å². The molecule has 1 N–H and O–H groups in total. The van der Waals surface area contributed by atoms with E-state index < -0.39 is 0 Å². The van der Waals surface area contributed by atoms with Crippen LogP contribution >= 0.6 is 0 Å². The summed E-state index contributed by atoms with van der Waals surface area (Å²) in [5.41, 5.74) is 1.37. The van der Waals surface area contributed by atoms with Crippen molar-refractivity contribution in [2.75, 3.05) is 20.2 Å². The van der Waals surface area contributed by atoms with Gasteiger partial charge in [-0.25, -0.2) is 0 Å². The molecule has 1 aromatic rings. The third-order valence-electron chi connectivity index (χ3n) is 4.68. The maximum atomic E-state index is 5.36. The SMILES string of the molecule is COc1cccc(C(C)N(CC2CCCN2)C2CC2)c1. The van der Waals surface area contributed by atoms with Gasteiger partial charge in [-0.05, 0) is 56.8 Å². The van der Waals surface area contributed by atoms with Crippen LogP contribution in [0.4, 0.5) is 0 Å². The summed E-state index contributed by atoms with van der Waals surface area (Å²) in [6, 6.07) is 10.5. The minimum Gasteiger partial charge on any atom is -0.497 e. The van der Waals surface area contributed by atoms with E-state index >= 15 is 0 Å². The van der Waals surface area contributed by atoms with E-state index in [1.54, 1.807) is 7.11 Å². The molecule has 1 aromatic carbocycles. The third kappa shape index (κ3) is 3.15. The number of ether oxygens (including phenoxy) is 1. The molecule has 2 atom stereocenters. The van der Waals surface area contributed by atoms with Gasteiger partial charge in [0.05, 0.1) is 7.11 Å². The van der Waals surface area contributed by atoms with E-state index in [9.17, 15) is 0 Å². The van der Waals surface area contributed by atoms with Crippen LogP contribution in [0, 0.1) is 0 Å². The summed E-state index contributed by atoms with van der Waals surface area (Å²) in [5.74, 6) is 0.962. The third-order valence-corrected chi connectivity index (χ3v) is 4.68. The number of hydrogen-bond donors (Lipinski definition) is 1. The van der Waals surface area contributed by atoms with Crippen molar-refractivity contribution in [3.8, 4) is 5.75 Å². The Kier molecular flexibility index (Phi) is 4.27. The summed E-state index contributed by atoms with van der Waals surface area (Å²) in [6.45, 7) is 4.71. The van der Waals surface area contributed by atoms with Gasteiger partial charge in [0.2, 0.25) is 0 Å². The molecule has 1 aliphatic heterocycles. The number of rotatable bonds is 6. The number of methoxy groups -OCH3 is 1. The van der Waals surface area contributed by atoms with E-state index in [1.165, 1.54) is 44.3 Å². The first-order valence-electron chi connectivity index (χ1n) is 7.91. The number of benzene rings is 1. The van der Waals surface area contributed by atoms with Gasteiger partial charge < -0.3 is 10.1 Å². The molecule has 0 spiro atoms. The second-order valence-corrected chi connectivity index (χ2v) is 6.17. The molecule has 3 rings (SSSR count). The van der Waals surface area contributed by atoms with Crippen molar-refractivity contribution in [3.05, 3.63) is 29.8 Å². The summed E-state index contributed by atoms with van der Waals surface area (Å²) in [5, 5.41) is 3.63. The summed E-state index contributed by atoms with van der Waals surface area (Å²) in [4.78, 5) is 2.69. The molecule has 20 heavy (non-hydrogen) atoms. The first-order chi connectivity index (χ1) is 9.78. The van der Waals surface area contributed by atoms with Crippen LogP contribution in [0.25, 0.3) is 0 Å². The number of nitrogens with one attached hydrogen (secondary N) is 1. The second-order valence-electron chi connectivity index (χ2n) is 6.17. The Balaban J connectivity index is 1.72. The highest BCUT2D eigenvalue weighted by Crippen LogP contribution is 2.35. The van der Waals surface area contributed by atoms with Gasteiger partial charge in [-0.1, -0.05) is 12.1 Å².